The summed E-state index contributed by atoms with van der Waals surface area (Å²) in [4.78, 5) is 0. The van der Waals surface area contributed by atoms with Crippen LogP contribution in [0.4, 0.5) is 0 Å². The molecule has 0 radical (unpaired) electrons. The van der Waals surface area contributed by atoms with Crippen LogP contribution in [-0.4, -0.2) is 7.11 Å². The van der Waals surface area contributed by atoms with E-state index in [-0.39, 0.29) is 6.10 Å². The normalized spacial score (nSPS) is 15.4. The smallest absolute Gasteiger partial charge is 0.149 e. The fraction of sp³-hybridized carbons (Fsp3) is 0.100. The van der Waals surface area contributed by atoms with E-state index in [0.29, 0.717) is 0 Å². The van der Waals surface area contributed by atoms with Crippen molar-refractivity contribution in [3.05, 3.63) is 83.9 Å². The third kappa shape index (κ3) is 2.04. The van der Waals surface area contributed by atoms with Crippen LogP contribution in [0.1, 0.15) is 17.2 Å². The first-order chi connectivity index (χ1) is 10.9. The SMILES string of the molecule is COc1ccc2c(c1)-c1ccccc1O[C@@H]2c1ccccc1. The van der Waals surface area contributed by atoms with E-state index in [1.807, 2.05) is 42.5 Å². The van der Waals surface area contributed by atoms with E-state index in [2.05, 4.69) is 30.3 Å². The highest BCUT2D eigenvalue weighted by Crippen LogP contribution is 2.45. The van der Waals surface area contributed by atoms with Crippen molar-refractivity contribution in [1.82, 2.24) is 0 Å². The standard InChI is InChI=1S/C20H16O2/c1-21-15-11-12-17-18(13-15)16-9-5-6-10-19(16)22-20(17)14-7-3-2-4-8-14/h2-13,20H,1H3/t20-/m1/s1. The minimum Gasteiger partial charge on any atom is -0.497 e. The van der Waals surface area contributed by atoms with Gasteiger partial charge in [0.05, 0.1) is 7.11 Å². The predicted octanol–water partition coefficient (Wildman–Crippen LogP) is 4.84. The number of fused-ring (bicyclic) bond motifs is 3. The summed E-state index contributed by atoms with van der Waals surface area (Å²) in [5.74, 6) is 1.78. The highest BCUT2D eigenvalue weighted by molar-refractivity contribution is 5.77. The highest BCUT2D eigenvalue weighted by Gasteiger charge is 2.27. The van der Waals surface area contributed by atoms with Gasteiger partial charge in [0.2, 0.25) is 0 Å². The van der Waals surface area contributed by atoms with Gasteiger partial charge in [-0.05, 0) is 29.3 Å². The van der Waals surface area contributed by atoms with Crippen LogP contribution in [-0.2, 0) is 0 Å². The highest BCUT2D eigenvalue weighted by atomic mass is 16.5. The van der Waals surface area contributed by atoms with E-state index < -0.39 is 0 Å². The van der Waals surface area contributed by atoms with E-state index >= 15 is 0 Å². The molecule has 0 saturated heterocycles. The van der Waals surface area contributed by atoms with Crippen LogP contribution in [0.5, 0.6) is 11.5 Å². The monoisotopic (exact) mass is 288 g/mol. The molecule has 0 fully saturated rings. The van der Waals surface area contributed by atoms with Gasteiger partial charge in [0, 0.05) is 11.1 Å². The van der Waals surface area contributed by atoms with Crippen molar-refractivity contribution in [2.75, 3.05) is 7.11 Å². The molecule has 22 heavy (non-hydrogen) atoms. The largest absolute Gasteiger partial charge is 0.497 e. The quantitative estimate of drug-likeness (QED) is 0.671. The van der Waals surface area contributed by atoms with Gasteiger partial charge in [-0.15, -0.1) is 0 Å². The molecule has 2 nitrogen and oxygen atoms in total. The van der Waals surface area contributed by atoms with E-state index in [9.17, 15) is 0 Å². The zero-order valence-corrected chi connectivity index (χ0v) is 12.3. The summed E-state index contributed by atoms with van der Waals surface area (Å²) in [6.07, 6.45) is -0.0861. The number of para-hydroxylation sites is 1. The molecular formula is C20H16O2. The Morgan fingerprint density at radius 1 is 0.818 bits per heavy atom. The first-order valence-electron chi connectivity index (χ1n) is 7.36. The van der Waals surface area contributed by atoms with Gasteiger partial charge in [-0.2, -0.15) is 0 Å². The van der Waals surface area contributed by atoms with Crippen molar-refractivity contribution >= 4 is 0 Å². The number of hydrogen-bond acceptors (Lipinski definition) is 2. The van der Waals surface area contributed by atoms with Gasteiger partial charge >= 0.3 is 0 Å². The lowest BCUT2D eigenvalue weighted by molar-refractivity contribution is 0.243. The maximum absolute atomic E-state index is 6.28. The summed E-state index contributed by atoms with van der Waals surface area (Å²) in [6, 6.07) is 24.7. The van der Waals surface area contributed by atoms with Gasteiger partial charge in [-0.25, -0.2) is 0 Å². The molecule has 1 heterocycles. The molecule has 0 unspecified atom stereocenters. The fourth-order valence-electron chi connectivity index (χ4n) is 2.98. The summed E-state index contributed by atoms with van der Waals surface area (Å²) in [7, 11) is 1.70. The molecule has 0 bridgehead atoms. The third-order valence-corrected chi connectivity index (χ3v) is 4.07. The number of hydrogen-bond donors (Lipinski definition) is 0. The van der Waals surface area contributed by atoms with E-state index in [1.54, 1.807) is 7.11 Å². The number of benzene rings is 3. The summed E-state index contributed by atoms with van der Waals surface area (Å²) < 4.78 is 11.7. The molecule has 1 aliphatic heterocycles. The Labute approximate surface area is 129 Å². The molecule has 0 N–H and O–H groups in total. The van der Waals surface area contributed by atoms with Gasteiger partial charge in [-0.3, -0.25) is 0 Å². The number of rotatable bonds is 2. The number of ether oxygens (including phenoxy) is 2. The Balaban J connectivity index is 1.93. The van der Waals surface area contributed by atoms with Crippen molar-refractivity contribution in [3.63, 3.8) is 0 Å². The van der Waals surface area contributed by atoms with Gasteiger partial charge in [0.1, 0.15) is 17.6 Å². The third-order valence-electron chi connectivity index (χ3n) is 4.07. The molecule has 0 aromatic heterocycles. The van der Waals surface area contributed by atoms with Crippen molar-refractivity contribution in [2.24, 2.45) is 0 Å². The van der Waals surface area contributed by atoms with Crippen LogP contribution < -0.4 is 9.47 Å². The Morgan fingerprint density at radius 2 is 1.59 bits per heavy atom. The summed E-state index contributed by atoms with van der Waals surface area (Å²) in [5.41, 5.74) is 4.62. The van der Waals surface area contributed by atoms with Crippen molar-refractivity contribution < 1.29 is 9.47 Å². The molecule has 0 saturated carbocycles. The molecule has 3 aromatic rings. The Kier molecular flexibility index (Phi) is 3.08. The van der Waals surface area contributed by atoms with E-state index in [1.165, 1.54) is 11.1 Å². The van der Waals surface area contributed by atoms with Crippen LogP contribution in [0, 0.1) is 0 Å². The van der Waals surface area contributed by atoms with Gasteiger partial charge in [-0.1, -0.05) is 54.6 Å². The molecule has 0 spiro atoms. The second-order valence-electron chi connectivity index (χ2n) is 5.36. The molecule has 1 atom stereocenters. The number of methoxy groups -OCH3 is 1. The summed E-state index contributed by atoms with van der Waals surface area (Å²) in [5, 5.41) is 0. The average molecular weight is 288 g/mol. The van der Waals surface area contributed by atoms with Crippen LogP contribution in [0.25, 0.3) is 11.1 Å². The van der Waals surface area contributed by atoms with Crippen LogP contribution in [0.2, 0.25) is 0 Å². The summed E-state index contributed by atoms with van der Waals surface area (Å²) in [6.45, 7) is 0. The lowest BCUT2D eigenvalue weighted by Gasteiger charge is -2.29. The van der Waals surface area contributed by atoms with Gasteiger partial charge in [0.15, 0.2) is 0 Å². The maximum atomic E-state index is 6.28. The van der Waals surface area contributed by atoms with Crippen LogP contribution in [0.15, 0.2) is 72.8 Å². The minimum absolute atomic E-state index is 0.0861. The molecular weight excluding hydrogens is 272 g/mol. The maximum Gasteiger partial charge on any atom is 0.149 e. The molecule has 108 valence electrons. The topological polar surface area (TPSA) is 18.5 Å². The lowest BCUT2D eigenvalue weighted by Crippen LogP contribution is -2.15. The van der Waals surface area contributed by atoms with Gasteiger partial charge < -0.3 is 9.47 Å². The van der Waals surface area contributed by atoms with Gasteiger partial charge in [0.25, 0.3) is 0 Å². The van der Waals surface area contributed by atoms with Crippen LogP contribution >= 0.6 is 0 Å². The molecule has 2 heteroatoms. The molecule has 3 aromatic carbocycles. The Hall–Kier alpha value is -2.74. The molecule has 4 rings (SSSR count). The van der Waals surface area contributed by atoms with E-state index in [4.69, 9.17) is 9.47 Å². The van der Waals surface area contributed by atoms with E-state index in [0.717, 1.165) is 22.6 Å². The van der Waals surface area contributed by atoms with Crippen molar-refractivity contribution in [3.8, 4) is 22.6 Å². The Bertz CT molecular complexity index is 809. The van der Waals surface area contributed by atoms with Crippen LogP contribution in [0.3, 0.4) is 0 Å². The molecule has 0 aliphatic carbocycles. The Morgan fingerprint density at radius 3 is 2.41 bits per heavy atom. The predicted molar refractivity (Wildman–Crippen MR) is 87.3 cm³/mol. The second kappa shape index (κ2) is 5.23. The summed E-state index contributed by atoms with van der Waals surface area (Å²) >= 11 is 0. The first-order valence-corrected chi connectivity index (χ1v) is 7.36. The average Bonchev–Trinajstić information content (AvgIpc) is 2.61. The molecule has 1 aliphatic rings. The van der Waals surface area contributed by atoms with Crippen molar-refractivity contribution in [2.45, 2.75) is 6.10 Å². The minimum atomic E-state index is -0.0861. The fourth-order valence-corrected chi connectivity index (χ4v) is 2.98. The zero-order chi connectivity index (χ0) is 14.9. The van der Waals surface area contributed by atoms with Crippen molar-refractivity contribution in [1.29, 1.82) is 0 Å². The lowest BCUT2D eigenvalue weighted by atomic mass is 9.89. The molecule has 0 amide bonds. The second-order valence-corrected chi connectivity index (χ2v) is 5.36. The first kappa shape index (κ1) is 13.0. The zero-order valence-electron chi connectivity index (χ0n) is 12.3.